The first-order valence-electron chi connectivity index (χ1n) is 12.2. The number of carbonyl (C=O) groups is 1. The molecule has 0 fully saturated rings. The summed E-state index contributed by atoms with van der Waals surface area (Å²) < 4.78 is 70.2. The quantitative estimate of drug-likeness (QED) is 0.0460. The van der Waals surface area contributed by atoms with Gasteiger partial charge in [0.25, 0.3) is 16.0 Å². The minimum absolute atomic E-state index is 0.143. The highest BCUT2D eigenvalue weighted by Gasteiger charge is 2.21. The molecule has 0 aliphatic carbocycles. The van der Waals surface area contributed by atoms with E-state index in [0.29, 0.717) is 22.7 Å². The summed E-state index contributed by atoms with van der Waals surface area (Å²) in [7, 11) is -6.47. The first kappa shape index (κ1) is 33.9. The lowest BCUT2D eigenvalue weighted by Gasteiger charge is -2.23. The van der Waals surface area contributed by atoms with Crippen molar-refractivity contribution < 1.29 is 49.7 Å². The third-order valence-corrected chi connectivity index (χ3v) is 8.01. The molecular weight excluding hydrogens is 628 g/mol. The molecule has 0 heterocycles. The number of methoxy groups -OCH3 is 1. The van der Waals surface area contributed by atoms with Crippen molar-refractivity contribution in [3.05, 3.63) is 78.4 Å². The van der Waals surface area contributed by atoms with Crippen molar-refractivity contribution in [3.63, 3.8) is 0 Å². The number of rotatable bonds is 17. The van der Waals surface area contributed by atoms with Crippen LogP contribution in [0.25, 0.3) is 0 Å². The lowest BCUT2D eigenvalue weighted by atomic mass is 10.1. The van der Waals surface area contributed by atoms with Crippen molar-refractivity contribution in [2.24, 2.45) is 10.2 Å². The average Bonchev–Trinajstić information content (AvgIpc) is 2.99. The zero-order valence-corrected chi connectivity index (χ0v) is 25.0. The number of ether oxygens (including phenoxy) is 1. The predicted molar refractivity (Wildman–Crippen MR) is 159 cm³/mol. The highest BCUT2D eigenvalue weighted by molar-refractivity contribution is 7.91. The molecule has 1 amide bonds. The SMILES string of the molecule is COc1cc(NCS(=O)(=O)O)ccc1N=Nc1cccc(C(=O)N(CCS(=O)(=O)CCOSOOO)c2ccccc2)c1. The third-order valence-electron chi connectivity index (χ3n) is 5.53. The Kier molecular flexibility index (Phi) is 12.8. The van der Waals surface area contributed by atoms with Crippen LogP contribution in [0, 0.1) is 0 Å². The van der Waals surface area contributed by atoms with Crippen molar-refractivity contribution in [2.45, 2.75) is 0 Å². The van der Waals surface area contributed by atoms with E-state index in [-0.39, 0.29) is 48.3 Å². The topological polar surface area (TPSA) is 203 Å². The van der Waals surface area contributed by atoms with Gasteiger partial charge in [-0.1, -0.05) is 29.3 Å². The van der Waals surface area contributed by atoms with Gasteiger partial charge in [-0.2, -0.15) is 13.5 Å². The summed E-state index contributed by atoms with van der Waals surface area (Å²) in [6.45, 7) is -0.382. The van der Waals surface area contributed by atoms with Gasteiger partial charge in [-0.3, -0.25) is 13.5 Å². The van der Waals surface area contributed by atoms with E-state index >= 15 is 0 Å². The minimum Gasteiger partial charge on any atom is -0.494 e. The van der Waals surface area contributed by atoms with Crippen molar-refractivity contribution in [3.8, 4) is 5.75 Å². The van der Waals surface area contributed by atoms with Gasteiger partial charge >= 0.3 is 0 Å². The molecule has 0 aliphatic heterocycles. The molecule has 3 aromatic carbocycles. The van der Waals surface area contributed by atoms with E-state index in [9.17, 15) is 21.6 Å². The van der Waals surface area contributed by atoms with Crippen molar-refractivity contribution in [1.29, 1.82) is 0 Å². The van der Waals surface area contributed by atoms with Gasteiger partial charge in [0, 0.05) is 29.5 Å². The van der Waals surface area contributed by atoms with Gasteiger partial charge in [0.1, 0.15) is 17.3 Å². The van der Waals surface area contributed by atoms with Gasteiger partial charge < -0.3 is 15.0 Å². The summed E-state index contributed by atoms with van der Waals surface area (Å²) in [5, 5.41) is 22.3. The minimum atomic E-state index is -4.23. The molecule has 0 aliphatic rings. The number of carbonyl (C=O) groups excluding carboxylic acids is 1. The number of anilines is 2. The second kappa shape index (κ2) is 16.3. The number of hydrogen-bond acceptors (Lipinski definition) is 14. The highest BCUT2D eigenvalue weighted by atomic mass is 32.2. The maximum atomic E-state index is 13.6. The van der Waals surface area contributed by atoms with Gasteiger partial charge in [0.15, 0.2) is 22.2 Å². The van der Waals surface area contributed by atoms with E-state index in [4.69, 9.17) is 18.7 Å². The smallest absolute Gasteiger partial charge is 0.283 e. The summed E-state index contributed by atoms with van der Waals surface area (Å²) in [4.78, 5) is 14.9. The third kappa shape index (κ3) is 11.5. The van der Waals surface area contributed by atoms with E-state index < -0.39 is 31.7 Å². The van der Waals surface area contributed by atoms with Crippen LogP contribution in [0.15, 0.2) is 83.0 Å². The molecule has 0 unspecified atom stereocenters. The summed E-state index contributed by atoms with van der Waals surface area (Å²) in [5.74, 6) is -1.60. The van der Waals surface area contributed by atoms with E-state index in [1.807, 2.05) is 0 Å². The number of hydrogen-bond donors (Lipinski definition) is 3. The molecule has 43 heavy (non-hydrogen) atoms. The molecule has 232 valence electrons. The monoisotopic (exact) mass is 656 g/mol. The molecule has 0 radical (unpaired) electrons. The standard InChI is InChI=1S/C25H28N4O11S3/c1-37-24-17-20(26-18-43(34,35)36)10-11-23(24)28-27-21-7-5-6-19(16-21)25(30)29(22-8-3-2-4-9-22)12-14-42(32,33)15-13-38-41-40-39-31/h2-11,16-17,26,31H,12-15,18H2,1H3,(H,34,35,36). The lowest BCUT2D eigenvalue weighted by Crippen LogP contribution is -2.36. The van der Waals surface area contributed by atoms with Crippen LogP contribution in [0.2, 0.25) is 0 Å². The summed E-state index contributed by atoms with van der Waals surface area (Å²) >= 11 is 0.271. The Labute approximate surface area is 252 Å². The maximum Gasteiger partial charge on any atom is 0.283 e. The first-order chi connectivity index (χ1) is 20.5. The van der Waals surface area contributed by atoms with Gasteiger partial charge in [-0.25, -0.2) is 13.7 Å². The van der Waals surface area contributed by atoms with Crippen LogP contribution in [0.1, 0.15) is 10.4 Å². The Hall–Kier alpha value is -3.62. The Bertz CT molecular complexity index is 1610. The highest BCUT2D eigenvalue weighted by Crippen LogP contribution is 2.32. The number of nitrogens with zero attached hydrogens (tertiary/aromatic N) is 3. The summed E-state index contributed by atoms with van der Waals surface area (Å²) in [5.41, 5.74) is 1.72. The normalized spacial score (nSPS) is 11.9. The molecule has 3 N–H and O–H groups in total. The second-order valence-corrected chi connectivity index (χ2v) is 12.8. The molecule has 3 aromatic rings. The number of para-hydroxylation sites is 1. The number of amides is 1. The van der Waals surface area contributed by atoms with Gasteiger partial charge in [0.2, 0.25) is 0 Å². The number of sulfone groups is 1. The lowest BCUT2D eigenvalue weighted by molar-refractivity contribution is -0.434. The largest absolute Gasteiger partial charge is 0.494 e. The number of nitrogens with one attached hydrogen (secondary N) is 1. The Balaban J connectivity index is 1.76. The molecule has 15 nitrogen and oxygen atoms in total. The van der Waals surface area contributed by atoms with Crippen molar-refractivity contribution >= 4 is 60.9 Å². The van der Waals surface area contributed by atoms with E-state index in [0.717, 1.165) is 0 Å². The molecule has 0 atom stereocenters. The molecule has 0 aromatic heterocycles. The van der Waals surface area contributed by atoms with Crippen LogP contribution < -0.4 is 15.0 Å². The van der Waals surface area contributed by atoms with Gasteiger partial charge in [-0.15, -0.1) is 9.45 Å². The van der Waals surface area contributed by atoms with Crippen LogP contribution in [0.4, 0.5) is 22.7 Å². The maximum absolute atomic E-state index is 13.6. The molecule has 0 saturated heterocycles. The summed E-state index contributed by atoms with van der Waals surface area (Å²) in [6.07, 6.45) is 0. The average molecular weight is 657 g/mol. The van der Waals surface area contributed by atoms with Crippen LogP contribution in [-0.2, 0) is 33.5 Å². The molecular formula is C25H28N4O11S3. The van der Waals surface area contributed by atoms with Crippen LogP contribution in [-0.4, -0.2) is 70.2 Å². The predicted octanol–water partition coefficient (Wildman–Crippen LogP) is 4.43. The molecule has 0 spiro atoms. The van der Waals surface area contributed by atoms with E-state index in [2.05, 4.69) is 24.9 Å². The van der Waals surface area contributed by atoms with E-state index in [1.54, 1.807) is 48.5 Å². The fraction of sp³-hybridized carbons (Fsp3) is 0.240. The zero-order chi connectivity index (χ0) is 31.3. The zero-order valence-electron chi connectivity index (χ0n) is 22.6. The van der Waals surface area contributed by atoms with Gasteiger partial charge in [-0.05, 0) is 42.5 Å². The fourth-order valence-corrected chi connectivity index (χ4v) is 5.20. The molecule has 3 rings (SSSR count). The number of azo groups is 1. The summed E-state index contributed by atoms with van der Waals surface area (Å²) in [6, 6.07) is 19.4. The van der Waals surface area contributed by atoms with Crippen molar-refractivity contribution in [1.82, 2.24) is 0 Å². The first-order valence-corrected chi connectivity index (χ1v) is 16.3. The second-order valence-electron chi connectivity index (χ2n) is 8.52. The molecule has 0 saturated carbocycles. The van der Waals surface area contributed by atoms with Crippen LogP contribution >= 0.6 is 12.3 Å². The molecule has 0 bridgehead atoms. The molecule has 18 heteroatoms. The number of benzene rings is 3. The van der Waals surface area contributed by atoms with Crippen molar-refractivity contribution in [2.75, 3.05) is 47.9 Å². The van der Waals surface area contributed by atoms with E-state index in [1.165, 1.54) is 36.3 Å². The van der Waals surface area contributed by atoms with Crippen LogP contribution in [0.3, 0.4) is 0 Å². The Morgan fingerprint density at radius 2 is 1.74 bits per heavy atom. The van der Waals surface area contributed by atoms with Gasteiger partial charge in [0.05, 0.1) is 30.9 Å². The fourth-order valence-electron chi connectivity index (χ4n) is 3.53. The van der Waals surface area contributed by atoms with Crippen LogP contribution in [0.5, 0.6) is 5.75 Å². The Morgan fingerprint density at radius 3 is 2.44 bits per heavy atom. The Morgan fingerprint density at radius 1 is 0.977 bits per heavy atom.